The summed E-state index contributed by atoms with van der Waals surface area (Å²) in [5, 5.41) is 12.2. The van der Waals surface area contributed by atoms with Gasteiger partial charge in [0.15, 0.2) is 0 Å². The Morgan fingerprint density at radius 3 is 2.07 bits per heavy atom. The predicted molar refractivity (Wildman–Crippen MR) is 115 cm³/mol. The molecule has 0 aromatic heterocycles. The molecule has 0 bridgehead atoms. The van der Waals surface area contributed by atoms with Gasteiger partial charge in [-0.05, 0) is 53.1 Å². The van der Waals surface area contributed by atoms with Gasteiger partial charge in [0.05, 0.1) is 24.1 Å². The van der Waals surface area contributed by atoms with Gasteiger partial charge in [-0.15, -0.1) is 0 Å². The van der Waals surface area contributed by atoms with E-state index in [4.69, 9.17) is 21.6 Å². The molecule has 6 heteroatoms. The van der Waals surface area contributed by atoms with E-state index in [0.717, 1.165) is 16.7 Å². The van der Waals surface area contributed by atoms with Crippen LogP contribution in [0.5, 0.6) is 5.75 Å². The van der Waals surface area contributed by atoms with E-state index in [-0.39, 0.29) is 12.3 Å². The van der Waals surface area contributed by atoms with Crippen LogP contribution in [-0.2, 0) is 9.59 Å². The van der Waals surface area contributed by atoms with Crippen molar-refractivity contribution in [1.29, 1.82) is 5.26 Å². The Morgan fingerprint density at radius 1 is 0.967 bits per heavy atom. The molecule has 3 aromatic carbocycles. The summed E-state index contributed by atoms with van der Waals surface area (Å²) in [7, 11) is 0. The lowest BCUT2D eigenvalue weighted by Crippen LogP contribution is -2.29. The van der Waals surface area contributed by atoms with E-state index < -0.39 is 12.0 Å². The highest BCUT2D eigenvalue weighted by Crippen LogP contribution is 2.24. The van der Waals surface area contributed by atoms with E-state index in [9.17, 15) is 9.59 Å². The van der Waals surface area contributed by atoms with Crippen LogP contribution in [0, 0.1) is 11.3 Å². The highest BCUT2D eigenvalue weighted by molar-refractivity contribution is 6.30. The van der Waals surface area contributed by atoms with E-state index in [1.807, 2.05) is 24.3 Å². The summed E-state index contributed by atoms with van der Waals surface area (Å²) >= 11 is 5.91. The average Bonchev–Trinajstić information content (AvgIpc) is 2.74. The number of rotatable bonds is 6. The van der Waals surface area contributed by atoms with Crippen molar-refractivity contribution in [3.63, 3.8) is 0 Å². The van der Waals surface area contributed by atoms with E-state index in [1.54, 1.807) is 48.5 Å². The Balaban J connectivity index is 1.67. The number of nitrogens with zero attached hydrogens (tertiary/aromatic N) is 1. The first-order valence-corrected chi connectivity index (χ1v) is 9.66. The van der Waals surface area contributed by atoms with Crippen LogP contribution in [0.25, 0.3) is 11.1 Å². The average molecular weight is 419 g/mol. The number of hydrogen-bond acceptors (Lipinski definition) is 4. The molecule has 0 heterocycles. The van der Waals surface area contributed by atoms with Crippen LogP contribution in [-0.4, -0.2) is 11.9 Å². The molecule has 1 amide bonds. The smallest absolute Gasteiger partial charge is 0.313 e. The number of esters is 1. The van der Waals surface area contributed by atoms with Crippen LogP contribution in [0.3, 0.4) is 0 Å². The van der Waals surface area contributed by atoms with Crippen LogP contribution < -0.4 is 10.1 Å². The number of ether oxygens (including phenoxy) is 1. The van der Waals surface area contributed by atoms with Gasteiger partial charge in [-0.2, -0.15) is 5.26 Å². The molecule has 1 N–H and O–H groups in total. The van der Waals surface area contributed by atoms with Crippen molar-refractivity contribution in [2.75, 3.05) is 0 Å². The molecule has 0 aliphatic carbocycles. The first kappa shape index (κ1) is 21.1. The van der Waals surface area contributed by atoms with Gasteiger partial charge in [-0.1, -0.05) is 48.0 Å². The Morgan fingerprint density at radius 2 is 1.53 bits per heavy atom. The zero-order valence-corrected chi connectivity index (χ0v) is 17.0. The SMILES string of the molecule is CC(=O)NC(CC(=O)Oc1ccc(-c2ccc(C#N)cc2)cc1)c1ccc(Cl)cc1. The number of halogens is 1. The Hall–Kier alpha value is -3.62. The van der Waals surface area contributed by atoms with Crippen LogP contribution in [0.1, 0.15) is 30.5 Å². The standard InChI is InChI=1S/C24H19ClN2O3/c1-16(28)27-23(20-6-10-21(25)11-7-20)14-24(29)30-22-12-8-19(9-13-22)18-4-2-17(15-26)3-5-18/h2-13,23H,14H2,1H3,(H,27,28). The highest BCUT2D eigenvalue weighted by Gasteiger charge is 2.18. The molecular formula is C24H19ClN2O3. The molecule has 5 nitrogen and oxygen atoms in total. The predicted octanol–water partition coefficient (Wildman–Crippen LogP) is 5.05. The van der Waals surface area contributed by atoms with Gasteiger partial charge in [0.1, 0.15) is 5.75 Å². The zero-order chi connectivity index (χ0) is 21.5. The number of nitrogens with one attached hydrogen (secondary N) is 1. The van der Waals surface area contributed by atoms with E-state index >= 15 is 0 Å². The van der Waals surface area contributed by atoms with Gasteiger partial charge < -0.3 is 10.1 Å². The molecule has 3 aromatic rings. The number of nitriles is 1. The van der Waals surface area contributed by atoms with E-state index in [0.29, 0.717) is 16.3 Å². The molecule has 1 unspecified atom stereocenters. The van der Waals surface area contributed by atoms with Gasteiger partial charge >= 0.3 is 5.97 Å². The van der Waals surface area contributed by atoms with Crippen molar-refractivity contribution in [3.8, 4) is 22.9 Å². The molecule has 0 aliphatic rings. The first-order chi connectivity index (χ1) is 14.4. The van der Waals surface area contributed by atoms with E-state index in [1.165, 1.54) is 6.92 Å². The molecule has 3 rings (SSSR count). The van der Waals surface area contributed by atoms with Crippen LogP contribution >= 0.6 is 11.6 Å². The van der Waals surface area contributed by atoms with Crippen molar-refractivity contribution >= 4 is 23.5 Å². The Kier molecular flexibility index (Phi) is 6.84. The minimum atomic E-state index is -0.509. The van der Waals surface area contributed by atoms with Crippen molar-refractivity contribution in [1.82, 2.24) is 5.32 Å². The van der Waals surface area contributed by atoms with Gasteiger partial charge in [0, 0.05) is 11.9 Å². The number of benzene rings is 3. The Labute approximate surface area is 179 Å². The third kappa shape index (κ3) is 5.69. The van der Waals surface area contributed by atoms with Crippen molar-refractivity contribution in [2.45, 2.75) is 19.4 Å². The molecule has 0 saturated carbocycles. The fraction of sp³-hybridized carbons (Fsp3) is 0.125. The third-order valence-corrected chi connectivity index (χ3v) is 4.71. The lowest BCUT2D eigenvalue weighted by atomic mass is 10.0. The largest absolute Gasteiger partial charge is 0.426 e. The molecular weight excluding hydrogens is 400 g/mol. The molecule has 0 aliphatic heterocycles. The quantitative estimate of drug-likeness (QED) is 0.448. The topological polar surface area (TPSA) is 79.2 Å². The number of carbonyl (C=O) groups excluding carboxylic acids is 2. The lowest BCUT2D eigenvalue weighted by Gasteiger charge is -2.17. The fourth-order valence-corrected chi connectivity index (χ4v) is 3.11. The fourth-order valence-electron chi connectivity index (χ4n) is 2.99. The Bertz CT molecular complexity index is 1070. The molecule has 30 heavy (non-hydrogen) atoms. The summed E-state index contributed by atoms with van der Waals surface area (Å²) in [6.07, 6.45) is -0.0153. The van der Waals surface area contributed by atoms with Crippen molar-refractivity contribution in [3.05, 3.63) is 88.9 Å². The number of amides is 1. The second kappa shape index (κ2) is 9.73. The minimum absolute atomic E-state index is 0.0153. The molecule has 1 atom stereocenters. The molecule has 0 spiro atoms. The maximum Gasteiger partial charge on any atom is 0.313 e. The lowest BCUT2D eigenvalue weighted by molar-refractivity contribution is -0.135. The summed E-state index contributed by atoms with van der Waals surface area (Å²) in [5.74, 6) is -0.292. The second-order valence-electron chi connectivity index (χ2n) is 6.70. The molecule has 0 radical (unpaired) electrons. The van der Waals surface area contributed by atoms with Crippen LogP contribution in [0.15, 0.2) is 72.8 Å². The number of carbonyl (C=O) groups is 2. The van der Waals surface area contributed by atoms with Crippen molar-refractivity contribution < 1.29 is 14.3 Å². The summed E-state index contributed by atoms with van der Waals surface area (Å²) in [6.45, 7) is 1.40. The summed E-state index contributed by atoms with van der Waals surface area (Å²) in [5.41, 5.74) is 3.26. The third-order valence-electron chi connectivity index (χ3n) is 4.45. The zero-order valence-electron chi connectivity index (χ0n) is 16.3. The molecule has 0 fully saturated rings. The molecule has 0 saturated heterocycles. The summed E-state index contributed by atoms with van der Waals surface area (Å²) in [4.78, 5) is 24.0. The minimum Gasteiger partial charge on any atom is -0.426 e. The maximum atomic E-state index is 12.4. The highest BCUT2D eigenvalue weighted by atomic mass is 35.5. The van der Waals surface area contributed by atoms with Crippen LogP contribution in [0.4, 0.5) is 0 Å². The normalized spacial score (nSPS) is 11.2. The summed E-state index contributed by atoms with van der Waals surface area (Å²) in [6, 6.07) is 22.9. The maximum absolute atomic E-state index is 12.4. The monoisotopic (exact) mass is 418 g/mol. The first-order valence-electron chi connectivity index (χ1n) is 9.28. The van der Waals surface area contributed by atoms with Gasteiger partial charge in [0.25, 0.3) is 0 Å². The van der Waals surface area contributed by atoms with E-state index in [2.05, 4.69) is 11.4 Å². The van der Waals surface area contributed by atoms with Crippen LogP contribution in [0.2, 0.25) is 5.02 Å². The van der Waals surface area contributed by atoms with Gasteiger partial charge in [-0.3, -0.25) is 9.59 Å². The van der Waals surface area contributed by atoms with Crippen molar-refractivity contribution in [2.24, 2.45) is 0 Å². The number of hydrogen-bond donors (Lipinski definition) is 1. The van der Waals surface area contributed by atoms with Gasteiger partial charge in [-0.25, -0.2) is 0 Å². The second-order valence-corrected chi connectivity index (χ2v) is 7.13. The molecule has 150 valence electrons. The van der Waals surface area contributed by atoms with Gasteiger partial charge in [0.2, 0.25) is 5.91 Å². The summed E-state index contributed by atoms with van der Waals surface area (Å²) < 4.78 is 5.44.